The van der Waals surface area contributed by atoms with Gasteiger partial charge in [-0.05, 0) is 52.0 Å². The molecule has 0 aliphatic heterocycles. The van der Waals surface area contributed by atoms with Crippen molar-refractivity contribution in [2.45, 2.75) is 26.8 Å². The fourth-order valence-corrected chi connectivity index (χ4v) is 4.80. The molecule has 3 heterocycles. The molecule has 1 N–H and O–H groups in total. The number of hydrogen-bond donors (Lipinski definition) is 1. The molecular formula is C22H19N9OS2. The number of hydrogen-bond acceptors (Lipinski definition) is 9. The molecule has 5 aromatic rings. The van der Waals surface area contributed by atoms with Crippen molar-refractivity contribution in [3.8, 4) is 22.5 Å². The molecule has 0 saturated carbocycles. The lowest BCUT2D eigenvalue weighted by atomic mass is 9.98. The maximum absolute atomic E-state index is 12.6. The zero-order valence-electron chi connectivity index (χ0n) is 18.3. The van der Waals surface area contributed by atoms with E-state index < -0.39 is 0 Å². The highest BCUT2D eigenvalue weighted by Crippen LogP contribution is 2.29. The fourth-order valence-electron chi connectivity index (χ4n) is 3.42. The molecule has 3 aromatic heterocycles. The second kappa shape index (κ2) is 9.53. The summed E-state index contributed by atoms with van der Waals surface area (Å²) in [6.45, 7) is 4.28. The normalized spacial score (nSPS) is 11.8. The van der Waals surface area contributed by atoms with Gasteiger partial charge in [-0.15, -0.1) is 10.2 Å². The van der Waals surface area contributed by atoms with Crippen LogP contribution in [0.2, 0.25) is 0 Å². The molecular weight excluding hydrogens is 470 g/mol. The third kappa shape index (κ3) is 4.45. The summed E-state index contributed by atoms with van der Waals surface area (Å²) in [6, 6.07) is 16.2. The van der Waals surface area contributed by atoms with Crippen LogP contribution >= 0.6 is 22.9 Å². The van der Waals surface area contributed by atoms with Gasteiger partial charge in [0.1, 0.15) is 9.88 Å². The Balaban J connectivity index is 1.44. The molecule has 12 heteroatoms. The second-order valence-corrected chi connectivity index (χ2v) is 9.18. The van der Waals surface area contributed by atoms with Crippen LogP contribution in [0, 0.1) is 6.92 Å². The summed E-state index contributed by atoms with van der Waals surface area (Å²) in [7, 11) is 0. The largest absolute Gasteiger partial charge is 0.293 e. The van der Waals surface area contributed by atoms with E-state index in [0.29, 0.717) is 27.7 Å². The van der Waals surface area contributed by atoms with Crippen molar-refractivity contribution in [1.29, 1.82) is 0 Å². The minimum atomic E-state index is -0.346. The summed E-state index contributed by atoms with van der Waals surface area (Å²) in [6.07, 6.45) is 0.766. The number of aromatic nitrogens is 8. The number of rotatable bonds is 6. The van der Waals surface area contributed by atoms with Gasteiger partial charge in [-0.25, -0.2) is 9.78 Å². The number of amides is 1. The highest BCUT2D eigenvalue weighted by Gasteiger charge is 2.14. The van der Waals surface area contributed by atoms with Crippen LogP contribution < -0.4 is 4.80 Å². The Morgan fingerprint density at radius 1 is 1.09 bits per heavy atom. The van der Waals surface area contributed by atoms with Crippen molar-refractivity contribution >= 4 is 28.8 Å². The van der Waals surface area contributed by atoms with Crippen LogP contribution in [0.25, 0.3) is 22.5 Å². The van der Waals surface area contributed by atoms with Crippen molar-refractivity contribution < 1.29 is 4.79 Å². The summed E-state index contributed by atoms with van der Waals surface area (Å²) in [4.78, 5) is 18.0. The molecule has 0 unspecified atom stereocenters. The first-order valence-corrected chi connectivity index (χ1v) is 12.1. The van der Waals surface area contributed by atoms with Gasteiger partial charge in [-0.3, -0.25) is 4.79 Å². The number of nitrogens with zero attached hydrogens (tertiary/aromatic N) is 8. The predicted octanol–water partition coefficient (Wildman–Crippen LogP) is 3.30. The molecule has 0 bridgehead atoms. The lowest BCUT2D eigenvalue weighted by Gasteiger charge is -2.08. The number of benzene rings is 2. The Kier molecular flexibility index (Phi) is 6.14. The van der Waals surface area contributed by atoms with E-state index in [1.807, 2.05) is 43.3 Å². The third-order valence-electron chi connectivity index (χ3n) is 5.13. The molecule has 0 aliphatic rings. The first-order chi connectivity index (χ1) is 16.6. The summed E-state index contributed by atoms with van der Waals surface area (Å²) in [5, 5.41) is 23.7. The second-order valence-electron chi connectivity index (χ2n) is 7.39. The third-order valence-corrected chi connectivity index (χ3v) is 7.04. The van der Waals surface area contributed by atoms with Crippen LogP contribution in [0.5, 0.6) is 0 Å². The number of H-pyrrole nitrogens is 1. The van der Waals surface area contributed by atoms with E-state index >= 15 is 0 Å². The smallest absolute Gasteiger partial charge is 0.266 e. The Morgan fingerprint density at radius 3 is 2.56 bits per heavy atom. The number of tetrazole rings is 1. The van der Waals surface area contributed by atoms with Crippen LogP contribution in [0.15, 0.2) is 53.5 Å². The summed E-state index contributed by atoms with van der Waals surface area (Å²) in [5.74, 6) is 0.272. The van der Waals surface area contributed by atoms with Gasteiger partial charge in [0.2, 0.25) is 4.80 Å². The molecule has 5 rings (SSSR count). The van der Waals surface area contributed by atoms with E-state index in [1.54, 1.807) is 11.6 Å². The van der Waals surface area contributed by atoms with Crippen LogP contribution in [0.4, 0.5) is 0 Å². The molecule has 34 heavy (non-hydrogen) atoms. The predicted molar refractivity (Wildman–Crippen MR) is 128 cm³/mol. The van der Waals surface area contributed by atoms with E-state index in [2.05, 4.69) is 52.4 Å². The van der Waals surface area contributed by atoms with Crippen molar-refractivity contribution in [3.05, 3.63) is 74.5 Å². The molecule has 10 nitrogen and oxygen atoms in total. The lowest BCUT2D eigenvalue weighted by Crippen LogP contribution is -2.19. The topological polar surface area (TPSA) is 127 Å². The maximum atomic E-state index is 12.6. The van der Waals surface area contributed by atoms with E-state index in [9.17, 15) is 4.79 Å². The summed E-state index contributed by atoms with van der Waals surface area (Å²) < 4.78 is 5.60. The Labute approximate surface area is 202 Å². The highest BCUT2D eigenvalue weighted by atomic mass is 32.1. The molecule has 0 aliphatic carbocycles. The highest BCUT2D eigenvalue weighted by molar-refractivity contribution is 7.09. The van der Waals surface area contributed by atoms with Gasteiger partial charge in [0.15, 0.2) is 5.82 Å². The number of carbonyl (C=O) groups excluding carboxylic acids is 1. The maximum Gasteiger partial charge on any atom is 0.293 e. The van der Waals surface area contributed by atoms with E-state index in [0.717, 1.165) is 45.2 Å². The standard InChI is InChI=1S/C22H19N9OS2/c1-3-18-27-31(22(33-18)23-21(32)19-13(2)24-30-34-19)12-14-8-10-15(11-9-14)16-6-4-5-7-17(16)20-25-28-29-26-20/h4-11H,3,12H2,1-2H3,(H,25,26,28,29). The molecule has 0 fully saturated rings. The Hall–Kier alpha value is -3.90. The number of aromatic amines is 1. The summed E-state index contributed by atoms with van der Waals surface area (Å²) in [5.41, 5.74) is 4.62. The van der Waals surface area contributed by atoms with Crippen molar-refractivity contribution in [1.82, 2.24) is 40.0 Å². The first kappa shape index (κ1) is 21.9. The molecule has 1 amide bonds. The monoisotopic (exact) mass is 489 g/mol. The van der Waals surface area contributed by atoms with E-state index in [4.69, 9.17) is 0 Å². The minimum absolute atomic E-state index is 0.346. The van der Waals surface area contributed by atoms with Gasteiger partial charge in [-0.1, -0.05) is 71.3 Å². The average Bonchev–Trinajstić information content (AvgIpc) is 3.62. The SMILES string of the molecule is CCc1nn(Cc2ccc(-c3ccccc3-c3nnn[nH]3)cc2)c(=NC(=O)c2snnc2C)s1. The van der Waals surface area contributed by atoms with Gasteiger partial charge in [-0.2, -0.15) is 10.1 Å². The van der Waals surface area contributed by atoms with Crippen LogP contribution in [0.1, 0.15) is 32.9 Å². The molecule has 0 spiro atoms. The number of carbonyl (C=O) groups is 1. The van der Waals surface area contributed by atoms with Crippen molar-refractivity contribution in [2.75, 3.05) is 0 Å². The summed E-state index contributed by atoms with van der Waals surface area (Å²) >= 11 is 2.47. The van der Waals surface area contributed by atoms with Crippen molar-refractivity contribution in [3.63, 3.8) is 0 Å². The molecule has 0 radical (unpaired) electrons. The Morgan fingerprint density at radius 2 is 1.88 bits per heavy atom. The lowest BCUT2D eigenvalue weighted by molar-refractivity contribution is 0.100. The van der Waals surface area contributed by atoms with Gasteiger partial charge in [0.05, 0.1) is 12.2 Å². The number of aryl methyl sites for hydroxylation is 2. The fraction of sp³-hybridized carbons (Fsp3) is 0.182. The average molecular weight is 490 g/mol. The molecule has 0 saturated heterocycles. The van der Waals surface area contributed by atoms with Crippen LogP contribution in [-0.2, 0) is 13.0 Å². The van der Waals surface area contributed by atoms with Gasteiger partial charge >= 0.3 is 0 Å². The molecule has 0 atom stereocenters. The van der Waals surface area contributed by atoms with Crippen LogP contribution in [0.3, 0.4) is 0 Å². The minimum Gasteiger partial charge on any atom is -0.266 e. The first-order valence-electron chi connectivity index (χ1n) is 10.5. The quantitative estimate of drug-likeness (QED) is 0.388. The van der Waals surface area contributed by atoms with Gasteiger partial charge < -0.3 is 0 Å². The van der Waals surface area contributed by atoms with Crippen LogP contribution in [-0.4, -0.2) is 45.9 Å². The molecule has 170 valence electrons. The van der Waals surface area contributed by atoms with E-state index in [-0.39, 0.29) is 5.91 Å². The van der Waals surface area contributed by atoms with Gasteiger partial charge in [0, 0.05) is 5.56 Å². The van der Waals surface area contributed by atoms with Crippen molar-refractivity contribution in [2.24, 2.45) is 4.99 Å². The van der Waals surface area contributed by atoms with Gasteiger partial charge in [0.25, 0.3) is 5.91 Å². The molecule has 2 aromatic carbocycles. The Bertz CT molecular complexity index is 1500. The van der Waals surface area contributed by atoms with E-state index in [1.165, 1.54) is 11.3 Å². The zero-order valence-corrected chi connectivity index (χ0v) is 20.0. The number of nitrogens with one attached hydrogen (secondary N) is 1. The zero-order chi connectivity index (χ0) is 23.5.